The molecule has 0 aliphatic carbocycles. The molecule has 6 heteroatoms. The molecule has 0 saturated carbocycles. The average Bonchev–Trinajstić information content (AvgIpc) is 2.40. The summed E-state index contributed by atoms with van der Waals surface area (Å²) in [6, 6.07) is 6.52. The number of rotatable bonds is 6. The van der Waals surface area contributed by atoms with Crippen molar-refractivity contribution in [3.8, 4) is 6.07 Å². The molecular formula is C13H18N4O2. The maximum Gasteiger partial charge on any atom is 0.242 e. The topological polar surface area (TPSA) is 100 Å². The minimum absolute atomic E-state index is 0.155. The van der Waals surface area contributed by atoms with Crippen LogP contribution < -0.4 is 16.4 Å². The molecule has 0 bridgehead atoms. The monoisotopic (exact) mass is 262 g/mol. The smallest absolute Gasteiger partial charge is 0.242 e. The van der Waals surface area contributed by atoms with Crippen molar-refractivity contribution in [2.45, 2.75) is 13.0 Å². The first kappa shape index (κ1) is 14.8. The van der Waals surface area contributed by atoms with Crippen LogP contribution in [0.4, 0.5) is 11.4 Å². The van der Waals surface area contributed by atoms with Crippen LogP contribution in [-0.2, 0) is 9.53 Å². The van der Waals surface area contributed by atoms with Gasteiger partial charge in [-0.3, -0.25) is 4.79 Å². The zero-order valence-electron chi connectivity index (χ0n) is 11.1. The number of nitrogens with one attached hydrogen (secondary N) is 2. The highest BCUT2D eigenvalue weighted by Crippen LogP contribution is 2.18. The minimum Gasteiger partial charge on any atom is -0.399 e. The van der Waals surface area contributed by atoms with Gasteiger partial charge >= 0.3 is 0 Å². The molecule has 0 radical (unpaired) electrons. The fourth-order valence-corrected chi connectivity index (χ4v) is 1.51. The number of hydrogen-bond acceptors (Lipinski definition) is 5. The summed E-state index contributed by atoms with van der Waals surface area (Å²) in [4.78, 5) is 11.8. The zero-order chi connectivity index (χ0) is 14.3. The van der Waals surface area contributed by atoms with Crippen molar-refractivity contribution in [2.75, 3.05) is 31.3 Å². The van der Waals surface area contributed by atoms with E-state index in [0.717, 1.165) is 0 Å². The first-order chi connectivity index (χ1) is 9.08. The molecule has 0 aromatic heterocycles. The number of carbonyl (C=O) groups is 1. The first-order valence-electron chi connectivity index (χ1n) is 5.91. The van der Waals surface area contributed by atoms with Gasteiger partial charge in [-0.25, -0.2) is 0 Å². The van der Waals surface area contributed by atoms with Gasteiger partial charge in [0, 0.05) is 19.3 Å². The van der Waals surface area contributed by atoms with Crippen LogP contribution in [0.5, 0.6) is 0 Å². The van der Waals surface area contributed by atoms with E-state index in [1.54, 1.807) is 32.2 Å². The van der Waals surface area contributed by atoms with Gasteiger partial charge in [-0.2, -0.15) is 5.26 Å². The lowest BCUT2D eigenvalue weighted by molar-refractivity contribution is -0.121. The Labute approximate surface area is 112 Å². The Morgan fingerprint density at radius 2 is 2.32 bits per heavy atom. The fourth-order valence-electron chi connectivity index (χ4n) is 1.51. The number of benzene rings is 1. The summed E-state index contributed by atoms with van der Waals surface area (Å²) in [6.07, 6.45) is 0. The van der Waals surface area contributed by atoms with E-state index in [4.69, 9.17) is 15.7 Å². The van der Waals surface area contributed by atoms with Crippen molar-refractivity contribution < 1.29 is 9.53 Å². The SMILES string of the molecule is COCCNC(=O)C(C)Nc1ccc(N)cc1C#N. The van der Waals surface area contributed by atoms with Crippen molar-refractivity contribution in [1.29, 1.82) is 5.26 Å². The Hall–Kier alpha value is -2.26. The molecule has 0 fully saturated rings. The van der Waals surface area contributed by atoms with Gasteiger partial charge in [-0.15, -0.1) is 0 Å². The van der Waals surface area contributed by atoms with Crippen LogP contribution in [0.2, 0.25) is 0 Å². The molecule has 102 valence electrons. The van der Waals surface area contributed by atoms with E-state index in [2.05, 4.69) is 10.6 Å². The highest BCUT2D eigenvalue weighted by atomic mass is 16.5. The Morgan fingerprint density at radius 1 is 1.58 bits per heavy atom. The van der Waals surface area contributed by atoms with E-state index in [1.807, 2.05) is 6.07 Å². The summed E-state index contributed by atoms with van der Waals surface area (Å²) in [5.74, 6) is -0.155. The third kappa shape index (κ3) is 4.48. The van der Waals surface area contributed by atoms with E-state index < -0.39 is 6.04 Å². The molecule has 4 N–H and O–H groups in total. The molecule has 6 nitrogen and oxygen atoms in total. The van der Waals surface area contributed by atoms with Crippen molar-refractivity contribution in [3.05, 3.63) is 23.8 Å². The number of nitrogen functional groups attached to an aromatic ring is 1. The van der Waals surface area contributed by atoms with Crippen LogP contribution in [0.15, 0.2) is 18.2 Å². The molecule has 19 heavy (non-hydrogen) atoms. The van der Waals surface area contributed by atoms with Crippen LogP contribution >= 0.6 is 0 Å². The first-order valence-corrected chi connectivity index (χ1v) is 5.91. The van der Waals surface area contributed by atoms with Gasteiger partial charge in [0.15, 0.2) is 0 Å². The van der Waals surface area contributed by atoms with Crippen molar-refractivity contribution >= 4 is 17.3 Å². The third-order valence-electron chi connectivity index (χ3n) is 2.53. The number of nitrogens with zero attached hydrogens (tertiary/aromatic N) is 1. The van der Waals surface area contributed by atoms with Crippen LogP contribution in [0.3, 0.4) is 0 Å². The fraction of sp³-hybridized carbons (Fsp3) is 0.385. The molecule has 0 saturated heterocycles. The van der Waals surface area contributed by atoms with Gasteiger partial charge in [0.1, 0.15) is 12.1 Å². The quantitative estimate of drug-likeness (QED) is 0.517. The van der Waals surface area contributed by atoms with Crippen LogP contribution in [0, 0.1) is 11.3 Å². The van der Waals surface area contributed by atoms with E-state index in [9.17, 15) is 4.79 Å². The minimum atomic E-state index is -0.451. The number of ether oxygens (including phenoxy) is 1. The van der Waals surface area contributed by atoms with E-state index in [-0.39, 0.29) is 5.91 Å². The van der Waals surface area contributed by atoms with Crippen LogP contribution in [-0.4, -0.2) is 32.2 Å². The predicted octanol–water partition coefficient (Wildman–Crippen LogP) is 0.703. The Kier molecular flexibility index (Phi) is 5.64. The van der Waals surface area contributed by atoms with Gasteiger partial charge in [-0.05, 0) is 25.1 Å². The molecular weight excluding hydrogens is 244 g/mol. The summed E-state index contributed by atoms with van der Waals surface area (Å²) in [6.45, 7) is 2.64. The Morgan fingerprint density at radius 3 is 2.95 bits per heavy atom. The number of nitrogens with two attached hydrogens (primary N) is 1. The number of hydrogen-bond donors (Lipinski definition) is 3. The normalized spacial score (nSPS) is 11.4. The van der Waals surface area contributed by atoms with Crippen LogP contribution in [0.25, 0.3) is 0 Å². The van der Waals surface area contributed by atoms with Gasteiger partial charge in [0.2, 0.25) is 5.91 Å². The number of nitriles is 1. The second kappa shape index (κ2) is 7.24. The highest BCUT2D eigenvalue weighted by molar-refractivity contribution is 5.84. The molecule has 1 aromatic carbocycles. The van der Waals surface area contributed by atoms with Crippen molar-refractivity contribution in [1.82, 2.24) is 5.32 Å². The second-order valence-corrected chi connectivity index (χ2v) is 4.07. The number of carbonyl (C=O) groups excluding carboxylic acids is 1. The molecule has 1 atom stereocenters. The van der Waals surface area contributed by atoms with Gasteiger partial charge < -0.3 is 21.1 Å². The highest BCUT2D eigenvalue weighted by Gasteiger charge is 2.13. The van der Waals surface area contributed by atoms with E-state index in [1.165, 1.54) is 0 Å². The number of anilines is 2. The van der Waals surface area contributed by atoms with Gasteiger partial charge in [0.25, 0.3) is 0 Å². The molecule has 0 aliphatic heterocycles. The summed E-state index contributed by atoms with van der Waals surface area (Å²) >= 11 is 0. The number of amides is 1. The molecule has 0 spiro atoms. The maximum absolute atomic E-state index is 11.8. The molecule has 1 rings (SSSR count). The van der Waals surface area contributed by atoms with E-state index >= 15 is 0 Å². The zero-order valence-corrected chi connectivity index (χ0v) is 11.1. The largest absolute Gasteiger partial charge is 0.399 e. The summed E-state index contributed by atoms with van der Waals surface area (Å²) in [7, 11) is 1.57. The standard InChI is InChI=1S/C13H18N4O2/c1-9(13(18)16-5-6-19-2)17-12-4-3-11(15)7-10(12)8-14/h3-4,7,9,17H,5-6,15H2,1-2H3,(H,16,18). The van der Waals surface area contributed by atoms with Crippen molar-refractivity contribution in [3.63, 3.8) is 0 Å². The molecule has 1 unspecified atom stereocenters. The molecule has 1 amide bonds. The van der Waals surface area contributed by atoms with Gasteiger partial charge in [0.05, 0.1) is 17.9 Å². The molecule has 0 heterocycles. The number of methoxy groups -OCH3 is 1. The lowest BCUT2D eigenvalue weighted by atomic mass is 10.1. The van der Waals surface area contributed by atoms with Crippen molar-refractivity contribution in [2.24, 2.45) is 0 Å². The Bertz CT molecular complexity index is 482. The predicted molar refractivity (Wildman–Crippen MR) is 73.5 cm³/mol. The maximum atomic E-state index is 11.8. The summed E-state index contributed by atoms with van der Waals surface area (Å²) in [5.41, 5.74) is 7.12. The third-order valence-corrected chi connectivity index (χ3v) is 2.53. The Balaban J connectivity index is 2.64. The molecule has 1 aromatic rings. The van der Waals surface area contributed by atoms with E-state index in [0.29, 0.717) is 30.1 Å². The summed E-state index contributed by atoms with van der Waals surface area (Å²) < 4.78 is 4.85. The summed E-state index contributed by atoms with van der Waals surface area (Å²) in [5, 5.41) is 14.7. The second-order valence-electron chi connectivity index (χ2n) is 4.07. The average molecular weight is 262 g/mol. The lowest BCUT2D eigenvalue weighted by Crippen LogP contribution is -2.39. The van der Waals surface area contributed by atoms with Crippen LogP contribution in [0.1, 0.15) is 12.5 Å². The molecule has 0 aliphatic rings. The lowest BCUT2D eigenvalue weighted by Gasteiger charge is -2.16. The van der Waals surface area contributed by atoms with Gasteiger partial charge in [-0.1, -0.05) is 0 Å².